The summed E-state index contributed by atoms with van der Waals surface area (Å²) in [6, 6.07) is 4.58. The van der Waals surface area contributed by atoms with E-state index in [0.29, 0.717) is 11.3 Å². The van der Waals surface area contributed by atoms with E-state index in [1.54, 1.807) is 19.9 Å². The van der Waals surface area contributed by atoms with Gasteiger partial charge in [-0.05, 0) is 50.5 Å². The summed E-state index contributed by atoms with van der Waals surface area (Å²) in [7, 11) is 0. The predicted molar refractivity (Wildman–Crippen MR) is 76.2 cm³/mol. The Labute approximate surface area is 119 Å². The van der Waals surface area contributed by atoms with Crippen LogP contribution in [0, 0.1) is 12.7 Å². The van der Waals surface area contributed by atoms with Gasteiger partial charge in [0.15, 0.2) is 6.10 Å². The van der Waals surface area contributed by atoms with Gasteiger partial charge in [-0.2, -0.15) is 0 Å². The maximum Gasteiger partial charge on any atom is 0.260 e. The zero-order valence-electron chi connectivity index (χ0n) is 12.1. The van der Waals surface area contributed by atoms with Crippen LogP contribution >= 0.6 is 0 Å². The molecule has 0 spiro atoms. The van der Waals surface area contributed by atoms with Crippen molar-refractivity contribution in [1.82, 2.24) is 5.32 Å². The van der Waals surface area contributed by atoms with Crippen molar-refractivity contribution in [1.29, 1.82) is 0 Å². The van der Waals surface area contributed by atoms with E-state index in [4.69, 9.17) is 4.74 Å². The van der Waals surface area contributed by atoms with Crippen LogP contribution in [-0.4, -0.2) is 18.1 Å². The number of carbonyl (C=O) groups excluding carboxylic acids is 1. The first kappa shape index (κ1) is 14.8. The van der Waals surface area contributed by atoms with E-state index < -0.39 is 6.10 Å². The lowest BCUT2D eigenvalue weighted by atomic mass is 9.95. The molecule has 1 atom stereocenters. The van der Waals surface area contributed by atoms with Gasteiger partial charge in [0, 0.05) is 6.04 Å². The number of carbonyl (C=O) groups is 1. The molecule has 1 aromatic carbocycles. The lowest BCUT2D eigenvalue weighted by molar-refractivity contribution is -0.128. The van der Waals surface area contributed by atoms with Crippen LogP contribution in [0.25, 0.3) is 0 Å². The maximum atomic E-state index is 13.0. The highest BCUT2D eigenvalue weighted by Gasteiger charge is 2.21. The van der Waals surface area contributed by atoms with Crippen molar-refractivity contribution >= 4 is 5.91 Å². The number of hydrogen-bond acceptors (Lipinski definition) is 2. The molecular formula is C16H22FNO2. The monoisotopic (exact) mass is 279 g/mol. The molecule has 3 nitrogen and oxygen atoms in total. The summed E-state index contributed by atoms with van der Waals surface area (Å²) >= 11 is 0. The van der Waals surface area contributed by atoms with E-state index in [2.05, 4.69) is 5.32 Å². The summed E-state index contributed by atoms with van der Waals surface area (Å²) in [4.78, 5) is 12.1. The van der Waals surface area contributed by atoms with Crippen molar-refractivity contribution in [2.45, 2.75) is 58.1 Å². The molecule has 0 radical (unpaired) electrons. The number of benzene rings is 1. The lowest BCUT2D eigenvalue weighted by Crippen LogP contribution is -2.43. The van der Waals surface area contributed by atoms with Gasteiger partial charge in [0.05, 0.1) is 0 Å². The fourth-order valence-electron chi connectivity index (χ4n) is 2.55. The number of amides is 1. The third-order valence-corrected chi connectivity index (χ3v) is 3.76. The second-order valence-corrected chi connectivity index (χ2v) is 5.51. The van der Waals surface area contributed by atoms with Gasteiger partial charge >= 0.3 is 0 Å². The highest BCUT2D eigenvalue weighted by atomic mass is 19.1. The van der Waals surface area contributed by atoms with E-state index in [1.165, 1.54) is 31.4 Å². The van der Waals surface area contributed by atoms with Gasteiger partial charge in [0.2, 0.25) is 0 Å². The van der Waals surface area contributed by atoms with Crippen molar-refractivity contribution in [3.05, 3.63) is 29.6 Å². The Morgan fingerprint density at radius 2 is 2.05 bits per heavy atom. The van der Waals surface area contributed by atoms with Gasteiger partial charge < -0.3 is 10.1 Å². The first-order chi connectivity index (χ1) is 9.56. The minimum atomic E-state index is -0.568. The van der Waals surface area contributed by atoms with Crippen molar-refractivity contribution in [2.75, 3.05) is 0 Å². The largest absolute Gasteiger partial charge is 0.481 e. The first-order valence-corrected chi connectivity index (χ1v) is 7.29. The van der Waals surface area contributed by atoms with Crippen LogP contribution in [0.1, 0.15) is 44.6 Å². The quantitative estimate of drug-likeness (QED) is 0.918. The molecule has 0 aliphatic heterocycles. The minimum Gasteiger partial charge on any atom is -0.481 e. The standard InChI is InChI=1S/C16H22FNO2/c1-11-10-13(17)8-9-15(11)20-12(2)16(19)18-14-6-4-3-5-7-14/h8-10,12,14H,3-7H2,1-2H3,(H,18,19). The van der Waals surface area contributed by atoms with E-state index >= 15 is 0 Å². The molecule has 20 heavy (non-hydrogen) atoms. The number of halogens is 1. The number of hydrogen-bond donors (Lipinski definition) is 1. The average molecular weight is 279 g/mol. The van der Waals surface area contributed by atoms with Crippen LogP contribution in [0.4, 0.5) is 4.39 Å². The fraction of sp³-hybridized carbons (Fsp3) is 0.562. The van der Waals surface area contributed by atoms with Crippen molar-refractivity contribution < 1.29 is 13.9 Å². The first-order valence-electron chi connectivity index (χ1n) is 7.29. The molecule has 4 heteroatoms. The predicted octanol–water partition coefficient (Wildman–Crippen LogP) is 3.35. The summed E-state index contributed by atoms with van der Waals surface area (Å²) < 4.78 is 18.6. The smallest absolute Gasteiger partial charge is 0.260 e. The molecule has 1 N–H and O–H groups in total. The van der Waals surface area contributed by atoms with Gasteiger partial charge in [-0.3, -0.25) is 4.79 Å². The van der Waals surface area contributed by atoms with Gasteiger partial charge in [0.1, 0.15) is 11.6 Å². The molecule has 0 saturated heterocycles. The Morgan fingerprint density at radius 1 is 1.35 bits per heavy atom. The topological polar surface area (TPSA) is 38.3 Å². The van der Waals surface area contributed by atoms with Gasteiger partial charge in [-0.15, -0.1) is 0 Å². The molecule has 0 aromatic heterocycles. The Kier molecular flexibility index (Phi) is 4.99. The Hall–Kier alpha value is -1.58. The van der Waals surface area contributed by atoms with Crippen LogP contribution in [0.5, 0.6) is 5.75 Å². The Morgan fingerprint density at radius 3 is 2.70 bits per heavy atom. The normalized spacial score (nSPS) is 17.6. The summed E-state index contributed by atoms with van der Waals surface area (Å²) in [5, 5.41) is 3.03. The maximum absolute atomic E-state index is 13.0. The SMILES string of the molecule is Cc1cc(F)ccc1OC(C)C(=O)NC1CCCCC1. The molecule has 0 heterocycles. The molecule has 2 rings (SSSR count). The third kappa shape index (κ3) is 3.95. The number of nitrogens with one attached hydrogen (secondary N) is 1. The van der Waals surface area contributed by atoms with E-state index in [9.17, 15) is 9.18 Å². The van der Waals surface area contributed by atoms with E-state index in [1.807, 2.05) is 0 Å². The van der Waals surface area contributed by atoms with Crippen molar-refractivity contribution in [3.8, 4) is 5.75 Å². The molecule has 1 saturated carbocycles. The summed E-state index contributed by atoms with van der Waals surface area (Å²) in [6.45, 7) is 3.49. The minimum absolute atomic E-state index is 0.0966. The second-order valence-electron chi connectivity index (χ2n) is 5.51. The molecule has 1 aromatic rings. The Balaban J connectivity index is 1.89. The Bertz CT molecular complexity index is 470. The van der Waals surface area contributed by atoms with Crippen LogP contribution in [0.15, 0.2) is 18.2 Å². The zero-order chi connectivity index (χ0) is 14.5. The summed E-state index contributed by atoms with van der Waals surface area (Å²) in [5.74, 6) is 0.160. The third-order valence-electron chi connectivity index (χ3n) is 3.76. The van der Waals surface area contributed by atoms with Gasteiger partial charge in [-0.1, -0.05) is 19.3 Å². The summed E-state index contributed by atoms with van der Waals surface area (Å²) in [6.07, 6.45) is 5.14. The average Bonchev–Trinajstić information content (AvgIpc) is 2.43. The molecule has 1 aliphatic carbocycles. The molecular weight excluding hydrogens is 257 g/mol. The molecule has 1 aliphatic rings. The van der Waals surface area contributed by atoms with Crippen LogP contribution in [-0.2, 0) is 4.79 Å². The van der Waals surface area contributed by atoms with Gasteiger partial charge in [0.25, 0.3) is 5.91 Å². The highest BCUT2D eigenvalue weighted by molar-refractivity contribution is 5.81. The molecule has 1 amide bonds. The number of rotatable bonds is 4. The number of ether oxygens (including phenoxy) is 1. The van der Waals surface area contributed by atoms with Crippen molar-refractivity contribution in [2.24, 2.45) is 0 Å². The second kappa shape index (κ2) is 6.73. The van der Waals surface area contributed by atoms with E-state index in [0.717, 1.165) is 12.8 Å². The van der Waals surface area contributed by atoms with Gasteiger partial charge in [-0.25, -0.2) is 4.39 Å². The fourth-order valence-corrected chi connectivity index (χ4v) is 2.55. The van der Waals surface area contributed by atoms with E-state index in [-0.39, 0.29) is 17.8 Å². The number of aryl methyl sites for hydroxylation is 1. The van der Waals surface area contributed by atoms with Crippen molar-refractivity contribution in [3.63, 3.8) is 0 Å². The van der Waals surface area contributed by atoms with Crippen LogP contribution < -0.4 is 10.1 Å². The summed E-state index contributed by atoms with van der Waals surface area (Å²) in [5.41, 5.74) is 0.697. The van der Waals surface area contributed by atoms with Crippen LogP contribution in [0.3, 0.4) is 0 Å². The molecule has 0 bridgehead atoms. The molecule has 1 fully saturated rings. The molecule has 1 unspecified atom stereocenters. The lowest BCUT2D eigenvalue weighted by Gasteiger charge is -2.25. The molecule has 110 valence electrons. The van der Waals surface area contributed by atoms with Crippen LogP contribution in [0.2, 0.25) is 0 Å². The highest BCUT2D eigenvalue weighted by Crippen LogP contribution is 2.21. The zero-order valence-corrected chi connectivity index (χ0v) is 12.1.